The lowest BCUT2D eigenvalue weighted by atomic mass is 10.1. The van der Waals surface area contributed by atoms with Gasteiger partial charge in [-0.25, -0.2) is 4.39 Å². The van der Waals surface area contributed by atoms with Crippen molar-refractivity contribution in [1.29, 1.82) is 0 Å². The minimum atomic E-state index is -0.129. The molecule has 4 heteroatoms. The van der Waals surface area contributed by atoms with Crippen molar-refractivity contribution in [2.24, 2.45) is 11.7 Å². The van der Waals surface area contributed by atoms with E-state index in [0.29, 0.717) is 11.5 Å². The average molecular weight is 259 g/mol. The summed E-state index contributed by atoms with van der Waals surface area (Å²) in [7, 11) is 0. The number of hydrogen-bond acceptors (Lipinski definition) is 2. The van der Waals surface area contributed by atoms with E-state index in [1.165, 1.54) is 5.56 Å². The fourth-order valence-corrected chi connectivity index (χ4v) is 2.29. The van der Waals surface area contributed by atoms with Gasteiger partial charge in [-0.2, -0.15) is 0 Å². The molecule has 1 aromatic carbocycles. The normalized spacial score (nSPS) is 24.7. The van der Waals surface area contributed by atoms with Gasteiger partial charge < -0.3 is 5.73 Å². The third-order valence-corrected chi connectivity index (χ3v) is 3.37. The van der Waals surface area contributed by atoms with Crippen molar-refractivity contribution >= 4 is 12.4 Å². The monoisotopic (exact) mass is 258 g/mol. The van der Waals surface area contributed by atoms with E-state index in [9.17, 15) is 4.39 Å². The van der Waals surface area contributed by atoms with Crippen LogP contribution in [0.3, 0.4) is 0 Å². The number of benzene rings is 1. The first kappa shape index (κ1) is 14.4. The minimum Gasteiger partial charge on any atom is -0.326 e. The molecule has 0 amide bonds. The van der Waals surface area contributed by atoms with Crippen molar-refractivity contribution in [2.75, 3.05) is 13.1 Å². The second kappa shape index (κ2) is 5.80. The quantitative estimate of drug-likeness (QED) is 0.882. The molecule has 0 aromatic heterocycles. The van der Waals surface area contributed by atoms with Crippen LogP contribution in [0.2, 0.25) is 0 Å². The second-order valence-corrected chi connectivity index (χ2v) is 4.92. The molecule has 0 saturated carbocycles. The Labute approximate surface area is 108 Å². The molecule has 0 spiro atoms. The molecular formula is C13H20ClFN2. The summed E-state index contributed by atoms with van der Waals surface area (Å²) in [5, 5.41) is 0. The van der Waals surface area contributed by atoms with Crippen molar-refractivity contribution in [1.82, 2.24) is 4.90 Å². The Morgan fingerprint density at radius 2 is 2.12 bits per heavy atom. The van der Waals surface area contributed by atoms with Crippen LogP contribution < -0.4 is 5.73 Å². The summed E-state index contributed by atoms with van der Waals surface area (Å²) in [5.41, 5.74) is 7.86. The van der Waals surface area contributed by atoms with Crippen LogP contribution >= 0.6 is 12.4 Å². The van der Waals surface area contributed by atoms with Crippen LogP contribution in [0.1, 0.15) is 18.1 Å². The van der Waals surface area contributed by atoms with Crippen molar-refractivity contribution < 1.29 is 4.39 Å². The molecule has 96 valence electrons. The average Bonchev–Trinajstić information content (AvgIpc) is 2.52. The number of nitrogens with zero attached hydrogens (tertiary/aromatic N) is 1. The smallest absolute Gasteiger partial charge is 0.126 e. The topological polar surface area (TPSA) is 29.3 Å². The summed E-state index contributed by atoms with van der Waals surface area (Å²) in [6, 6.07) is 5.60. The van der Waals surface area contributed by atoms with E-state index in [1.807, 2.05) is 12.1 Å². The van der Waals surface area contributed by atoms with E-state index in [1.54, 1.807) is 13.0 Å². The highest BCUT2D eigenvalue weighted by molar-refractivity contribution is 5.85. The van der Waals surface area contributed by atoms with E-state index in [2.05, 4.69) is 11.8 Å². The molecule has 1 saturated heterocycles. The summed E-state index contributed by atoms with van der Waals surface area (Å²) in [5.74, 6) is 0.428. The molecule has 0 radical (unpaired) electrons. The number of halogens is 2. The highest BCUT2D eigenvalue weighted by Gasteiger charge is 2.26. The van der Waals surface area contributed by atoms with Crippen molar-refractivity contribution in [3.63, 3.8) is 0 Å². The van der Waals surface area contributed by atoms with Crippen LogP contribution in [-0.2, 0) is 6.54 Å². The maximum Gasteiger partial charge on any atom is 0.126 e. The zero-order valence-corrected chi connectivity index (χ0v) is 11.1. The maximum atomic E-state index is 13.1. The Morgan fingerprint density at radius 1 is 1.41 bits per heavy atom. The summed E-state index contributed by atoms with van der Waals surface area (Å²) in [6.07, 6.45) is 0. The molecule has 1 heterocycles. The van der Waals surface area contributed by atoms with Crippen LogP contribution in [0.4, 0.5) is 4.39 Å². The van der Waals surface area contributed by atoms with Gasteiger partial charge in [0.15, 0.2) is 0 Å². The molecule has 1 fully saturated rings. The van der Waals surface area contributed by atoms with Gasteiger partial charge in [-0.15, -0.1) is 12.4 Å². The van der Waals surface area contributed by atoms with E-state index < -0.39 is 0 Å². The fraction of sp³-hybridized carbons (Fsp3) is 0.538. The lowest BCUT2D eigenvalue weighted by Gasteiger charge is -2.15. The van der Waals surface area contributed by atoms with E-state index >= 15 is 0 Å². The van der Waals surface area contributed by atoms with Gasteiger partial charge in [-0.3, -0.25) is 4.90 Å². The zero-order chi connectivity index (χ0) is 11.7. The first-order valence-electron chi connectivity index (χ1n) is 5.79. The Morgan fingerprint density at radius 3 is 2.65 bits per heavy atom. The molecule has 2 N–H and O–H groups in total. The van der Waals surface area contributed by atoms with Crippen LogP contribution in [0, 0.1) is 18.7 Å². The number of nitrogens with two attached hydrogens (primary N) is 1. The van der Waals surface area contributed by atoms with Crippen LogP contribution in [0.15, 0.2) is 18.2 Å². The lowest BCUT2D eigenvalue weighted by molar-refractivity contribution is 0.318. The van der Waals surface area contributed by atoms with Crippen LogP contribution in [0.5, 0.6) is 0 Å². The zero-order valence-electron chi connectivity index (χ0n) is 10.3. The van der Waals surface area contributed by atoms with E-state index in [4.69, 9.17) is 5.73 Å². The molecule has 2 unspecified atom stereocenters. The van der Waals surface area contributed by atoms with Crippen LogP contribution in [0.25, 0.3) is 0 Å². The van der Waals surface area contributed by atoms with Gasteiger partial charge in [0.2, 0.25) is 0 Å². The summed E-state index contributed by atoms with van der Waals surface area (Å²) >= 11 is 0. The first-order valence-corrected chi connectivity index (χ1v) is 5.79. The maximum absolute atomic E-state index is 13.1. The Kier molecular flexibility index (Phi) is 4.92. The first-order chi connectivity index (χ1) is 7.56. The van der Waals surface area contributed by atoms with Gasteiger partial charge >= 0.3 is 0 Å². The number of hydrogen-bond donors (Lipinski definition) is 1. The molecule has 0 aliphatic carbocycles. The van der Waals surface area contributed by atoms with Gasteiger partial charge in [-0.1, -0.05) is 19.1 Å². The Balaban J connectivity index is 0.00000144. The fourth-order valence-electron chi connectivity index (χ4n) is 2.29. The third-order valence-electron chi connectivity index (χ3n) is 3.37. The largest absolute Gasteiger partial charge is 0.326 e. The van der Waals surface area contributed by atoms with E-state index in [-0.39, 0.29) is 24.3 Å². The van der Waals surface area contributed by atoms with Crippen molar-refractivity contribution in [3.8, 4) is 0 Å². The Hall–Kier alpha value is -0.640. The number of aryl methyl sites for hydroxylation is 1. The van der Waals surface area contributed by atoms with E-state index in [0.717, 1.165) is 19.6 Å². The third kappa shape index (κ3) is 3.41. The lowest BCUT2D eigenvalue weighted by Crippen LogP contribution is -2.28. The molecule has 1 aliphatic heterocycles. The molecular weight excluding hydrogens is 239 g/mol. The van der Waals surface area contributed by atoms with Crippen molar-refractivity contribution in [3.05, 3.63) is 35.1 Å². The molecule has 2 atom stereocenters. The predicted molar refractivity (Wildman–Crippen MR) is 70.8 cm³/mol. The predicted octanol–water partition coefficient (Wildman–Crippen LogP) is 2.33. The second-order valence-electron chi connectivity index (χ2n) is 4.92. The summed E-state index contributed by atoms with van der Waals surface area (Å²) in [4.78, 5) is 2.34. The summed E-state index contributed by atoms with van der Waals surface area (Å²) in [6.45, 7) is 6.84. The van der Waals surface area contributed by atoms with Gasteiger partial charge in [-0.05, 0) is 30.0 Å². The summed E-state index contributed by atoms with van der Waals surface area (Å²) < 4.78 is 13.1. The van der Waals surface area contributed by atoms with Gasteiger partial charge in [0.1, 0.15) is 5.82 Å². The van der Waals surface area contributed by atoms with Gasteiger partial charge in [0.05, 0.1) is 0 Å². The standard InChI is InChI=1S/C13H19FN2.ClH/c1-9-5-11(3-4-12(9)14)7-16-6-10(2)13(15)8-16;/h3-5,10,13H,6-8,15H2,1-2H3;1H. The highest BCUT2D eigenvalue weighted by atomic mass is 35.5. The number of rotatable bonds is 2. The Bertz CT molecular complexity index is 374. The van der Waals surface area contributed by atoms with Crippen molar-refractivity contribution in [2.45, 2.75) is 26.4 Å². The molecule has 17 heavy (non-hydrogen) atoms. The number of likely N-dealkylation sites (tertiary alicyclic amines) is 1. The van der Waals surface area contributed by atoms with Crippen LogP contribution in [-0.4, -0.2) is 24.0 Å². The molecule has 2 rings (SSSR count). The van der Waals surface area contributed by atoms with Gasteiger partial charge in [0, 0.05) is 25.7 Å². The molecule has 1 aliphatic rings. The molecule has 1 aromatic rings. The molecule has 2 nitrogen and oxygen atoms in total. The minimum absolute atomic E-state index is 0. The highest BCUT2D eigenvalue weighted by Crippen LogP contribution is 2.18. The van der Waals surface area contributed by atoms with Gasteiger partial charge in [0.25, 0.3) is 0 Å². The SMILES string of the molecule is Cc1cc(CN2CC(C)C(N)C2)ccc1F.Cl. The molecule has 0 bridgehead atoms.